The predicted octanol–water partition coefficient (Wildman–Crippen LogP) is 4.14. The van der Waals surface area contributed by atoms with Crippen LogP contribution in [0, 0.1) is 0 Å². The largest absolute Gasteiger partial charge is 0.450 e. The Morgan fingerprint density at radius 2 is 1.78 bits per heavy atom. The lowest BCUT2D eigenvalue weighted by Gasteiger charge is -2.19. The van der Waals surface area contributed by atoms with Crippen molar-refractivity contribution in [1.82, 2.24) is 0 Å². The molecule has 0 unspecified atom stereocenters. The fourth-order valence-corrected chi connectivity index (χ4v) is 2.18. The third kappa shape index (κ3) is 4.96. The fourth-order valence-electron chi connectivity index (χ4n) is 1.88. The Hall–Kier alpha value is -2.08. The highest BCUT2D eigenvalue weighted by atomic mass is 79.9. The van der Waals surface area contributed by atoms with Crippen molar-refractivity contribution in [1.29, 1.82) is 0 Å². The van der Waals surface area contributed by atoms with E-state index < -0.39 is 11.9 Å². The average Bonchev–Trinajstić information content (AvgIpc) is 2.91. The maximum atomic E-state index is 11.8. The third-order valence-electron chi connectivity index (χ3n) is 3.14. The number of esters is 1. The molecule has 0 saturated carbocycles. The zero-order chi connectivity index (χ0) is 17.0. The number of benzene rings is 1. The first kappa shape index (κ1) is 17.3. The maximum Gasteiger partial charge on any atom is 0.374 e. The van der Waals surface area contributed by atoms with Gasteiger partial charge in [0.25, 0.3) is 5.91 Å². The number of hydrogen-bond donors (Lipinski definition) is 1. The first-order valence-electron chi connectivity index (χ1n) is 7.08. The molecule has 23 heavy (non-hydrogen) atoms. The van der Waals surface area contributed by atoms with E-state index in [4.69, 9.17) is 9.15 Å². The molecule has 0 saturated heterocycles. The molecule has 0 aliphatic carbocycles. The SMILES string of the molecule is CC(C)(C)c1ccc(NC(=O)COC(=O)c2ccc(Br)o2)cc1. The van der Waals surface area contributed by atoms with Crippen LogP contribution < -0.4 is 5.32 Å². The van der Waals surface area contributed by atoms with Crippen molar-refractivity contribution in [3.63, 3.8) is 0 Å². The molecule has 0 fully saturated rings. The summed E-state index contributed by atoms with van der Waals surface area (Å²) in [6.45, 7) is 5.98. The van der Waals surface area contributed by atoms with Gasteiger partial charge in [0.05, 0.1) is 0 Å². The predicted molar refractivity (Wildman–Crippen MR) is 90.5 cm³/mol. The highest BCUT2D eigenvalue weighted by molar-refractivity contribution is 9.10. The molecule has 122 valence electrons. The molecular formula is C17H18BrNO4. The highest BCUT2D eigenvalue weighted by Crippen LogP contribution is 2.23. The monoisotopic (exact) mass is 379 g/mol. The van der Waals surface area contributed by atoms with Crippen LogP contribution in [0.4, 0.5) is 5.69 Å². The topological polar surface area (TPSA) is 68.5 Å². The second-order valence-electron chi connectivity index (χ2n) is 6.06. The number of carbonyl (C=O) groups excluding carboxylic acids is 2. The summed E-state index contributed by atoms with van der Waals surface area (Å²) in [4.78, 5) is 23.5. The Morgan fingerprint density at radius 3 is 2.30 bits per heavy atom. The van der Waals surface area contributed by atoms with Crippen LogP contribution in [0.2, 0.25) is 0 Å². The van der Waals surface area contributed by atoms with E-state index in [1.807, 2.05) is 24.3 Å². The van der Waals surface area contributed by atoms with Crippen molar-refractivity contribution in [2.75, 3.05) is 11.9 Å². The maximum absolute atomic E-state index is 11.8. The van der Waals surface area contributed by atoms with Gasteiger partial charge in [-0.25, -0.2) is 4.79 Å². The van der Waals surface area contributed by atoms with Crippen LogP contribution >= 0.6 is 15.9 Å². The van der Waals surface area contributed by atoms with Crippen molar-refractivity contribution in [3.8, 4) is 0 Å². The van der Waals surface area contributed by atoms with Crippen molar-refractivity contribution in [2.24, 2.45) is 0 Å². The number of carbonyl (C=O) groups is 2. The van der Waals surface area contributed by atoms with Crippen molar-refractivity contribution in [3.05, 3.63) is 52.4 Å². The Labute approximate surface area is 143 Å². The second kappa shape index (κ2) is 7.00. The summed E-state index contributed by atoms with van der Waals surface area (Å²) < 4.78 is 10.4. The number of hydrogen-bond acceptors (Lipinski definition) is 4. The van der Waals surface area contributed by atoms with Gasteiger partial charge in [-0.15, -0.1) is 0 Å². The average molecular weight is 380 g/mol. The summed E-state index contributed by atoms with van der Waals surface area (Å²) in [6.07, 6.45) is 0. The Bertz CT molecular complexity index is 698. The molecule has 1 aromatic carbocycles. The molecule has 1 N–H and O–H groups in total. The van der Waals surface area contributed by atoms with E-state index in [1.165, 1.54) is 11.6 Å². The van der Waals surface area contributed by atoms with Gasteiger partial charge in [0, 0.05) is 5.69 Å². The van der Waals surface area contributed by atoms with E-state index in [0.29, 0.717) is 10.4 Å². The van der Waals surface area contributed by atoms with E-state index in [0.717, 1.165) is 0 Å². The number of nitrogens with one attached hydrogen (secondary N) is 1. The normalized spacial score (nSPS) is 11.1. The lowest BCUT2D eigenvalue weighted by atomic mass is 9.87. The molecule has 1 aromatic heterocycles. The zero-order valence-electron chi connectivity index (χ0n) is 13.2. The zero-order valence-corrected chi connectivity index (χ0v) is 14.8. The number of rotatable bonds is 4. The molecular weight excluding hydrogens is 362 g/mol. The summed E-state index contributed by atoms with van der Waals surface area (Å²) in [5, 5.41) is 2.68. The Balaban J connectivity index is 1.86. The summed E-state index contributed by atoms with van der Waals surface area (Å²) in [5.74, 6) is -1.05. The van der Waals surface area contributed by atoms with Gasteiger partial charge in [0.2, 0.25) is 5.76 Å². The van der Waals surface area contributed by atoms with E-state index in [1.54, 1.807) is 6.07 Å². The van der Waals surface area contributed by atoms with Gasteiger partial charge in [-0.05, 0) is 51.2 Å². The lowest BCUT2D eigenvalue weighted by Crippen LogP contribution is -2.21. The van der Waals surface area contributed by atoms with E-state index in [2.05, 4.69) is 42.0 Å². The fraction of sp³-hybridized carbons (Fsp3) is 0.294. The van der Waals surface area contributed by atoms with E-state index >= 15 is 0 Å². The van der Waals surface area contributed by atoms with Crippen LogP contribution in [-0.2, 0) is 14.9 Å². The molecule has 0 radical (unpaired) electrons. The van der Waals surface area contributed by atoms with E-state index in [9.17, 15) is 9.59 Å². The summed E-state index contributed by atoms with van der Waals surface area (Å²) in [5.41, 5.74) is 1.88. The van der Waals surface area contributed by atoms with Gasteiger partial charge in [-0.3, -0.25) is 4.79 Å². The van der Waals surface area contributed by atoms with E-state index in [-0.39, 0.29) is 17.8 Å². The minimum Gasteiger partial charge on any atom is -0.450 e. The van der Waals surface area contributed by atoms with Crippen LogP contribution in [0.15, 0.2) is 45.5 Å². The number of amides is 1. The summed E-state index contributed by atoms with van der Waals surface area (Å²) in [7, 11) is 0. The van der Waals surface area contributed by atoms with Crippen molar-refractivity contribution in [2.45, 2.75) is 26.2 Å². The number of furan rings is 1. The first-order chi connectivity index (χ1) is 10.8. The molecule has 0 atom stereocenters. The molecule has 0 aliphatic rings. The number of ether oxygens (including phenoxy) is 1. The van der Waals surface area contributed by atoms with Crippen LogP contribution in [-0.4, -0.2) is 18.5 Å². The molecule has 0 bridgehead atoms. The molecule has 6 heteroatoms. The Morgan fingerprint density at radius 1 is 1.13 bits per heavy atom. The molecule has 2 rings (SSSR count). The van der Waals surface area contributed by atoms with Crippen LogP contribution in [0.3, 0.4) is 0 Å². The molecule has 1 amide bonds. The minimum atomic E-state index is -0.686. The molecule has 5 nitrogen and oxygen atoms in total. The molecule has 0 aliphatic heterocycles. The van der Waals surface area contributed by atoms with Crippen molar-refractivity contribution >= 4 is 33.5 Å². The quantitative estimate of drug-likeness (QED) is 0.810. The number of anilines is 1. The smallest absolute Gasteiger partial charge is 0.374 e. The van der Waals surface area contributed by atoms with Gasteiger partial charge in [0.15, 0.2) is 11.3 Å². The summed E-state index contributed by atoms with van der Waals surface area (Å²) in [6, 6.07) is 10.6. The highest BCUT2D eigenvalue weighted by Gasteiger charge is 2.15. The second-order valence-corrected chi connectivity index (χ2v) is 6.84. The van der Waals surface area contributed by atoms with Crippen LogP contribution in [0.25, 0.3) is 0 Å². The Kier molecular flexibility index (Phi) is 5.26. The third-order valence-corrected chi connectivity index (χ3v) is 3.57. The molecule has 0 spiro atoms. The van der Waals surface area contributed by atoms with Gasteiger partial charge in [-0.1, -0.05) is 32.9 Å². The van der Waals surface area contributed by atoms with Crippen molar-refractivity contribution < 1.29 is 18.7 Å². The minimum absolute atomic E-state index is 0.0409. The lowest BCUT2D eigenvalue weighted by molar-refractivity contribution is -0.119. The van der Waals surface area contributed by atoms with Crippen LogP contribution in [0.5, 0.6) is 0 Å². The number of halogens is 1. The molecule has 1 heterocycles. The standard InChI is InChI=1S/C17H18BrNO4/c1-17(2,3)11-4-6-12(7-5-11)19-15(20)10-22-16(21)13-8-9-14(18)23-13/h4-9H,10H2,1-3H3,(H,19,20). The first-order valence-corrected chi connectivity index (χ1v) is 7.88. The van der Waals surface area contributed by atoms with Gasteiger partial charge < -0.3 is 14.5 Å². The summed E-state index contributed by atoms with van der Waals surface area (Å²) >= 11 is 3.09. The van der Waals surface area contributed by atoms with Gasteiger partial charge >= 0.3 is 5.97 Å². The van der Waals surface area contributed by atoms with Gasteiger partial charge in [-0.2, -0.15) is 0 Å². The molecule has 2 aromatic rings. The van der Waals surface area contributed by atoms with Crippen LogP contribution in [0.1, 0.15) is 36.9 Å². The van der Waals surface area contributed by atoms with Gasteiger partial charge in [0.1, 0.15) is 0 Å².